The van der Waals surface area contributed by atoms with Crippen LogP contribution in [0.5, 0.6) is 0 Å². The van der Waals surface area contributed by atoms with Crippen molar-refractivity contribution in [3.63, 3.8) is 0 Å². The Hall–Kier alpha value is -0.920. The molecule has 1 atom stereocenters. The van der Waals surface area contributed by atoms with Crippen LogP contribution in [0.3, 0.4) is 0 Å². The molecule has 0 spiro atoms. The molecule has 1 aromatic heterocycles. The van der Waals surface area contributed by atoms with Gasteiger partial charge in [0.2, 0.25) is 0 Å². The number of methoxy groups -OCH3 is 1. The van der Waals surface area contributed by atoms with Crippen molar-refractivity contribution in [1.29, 1.82) is 0 Å². The maximum absolute atomic E-state index is 5.63. The van der Waals surface area contributed by atoms with Crippen molar-refractivity contribution in [3.8, 4) is 0 Å². The largest absolute Gasteiger partial charge is 0.468 e. The number of furan rings is 1. The van der Waals surface area contributed by atoms with Crippen LogP contribution in [-0.4, -0.2) is 59.4 Å². The maximum Gasteiger partial charge on any atom is 0.117 e. The minimum Gasteiger partial charge on any atom is -0.468 e. The topological polar surface area (TPSA) is 62.1 Å². The summed E-state index contributed by atoms with van der Waals surface area (Å²) >= 11 is 0. The van der Waals surface area contributed by atoms with Gasteiger partial charge in [0.25, 0.3) is 0 Å². The van der Waals surface area contributed by atoms with Gasteiger partial charge in [-0.1, -0.05) is 0 Å². The van der Waals surface area contributed by atoms with Gasteiger partial charge in [0.15, 0.2) is 0 Å². The number of nitrogens with one attached hydrogen (secondary N) is 1. The van der Waals surface area contributed by atoms with Gasteiger partial charge in [-0.15, -0.1) is 0 Å². The van der Waals surface area contributed by atoms with E-state index < -0.39 is 0 Å². The van der Waals surface area contributed by atoms with Crippen molar-refractivity contribution in [2.24, 2.45) is 0 Å². The Balaban J connectivity index is 1.81. The first kappa shape index (κ1) is 18.1. The van der Waals surface area contributed by atoms with E-state index in [1.807, 2.05) is 19.1 Å². The second-order valence-corrected chi connectivity index (χ2v) is 4.61. The maximum atomic E-state index is 5.63. The second kappa shape index (κ2) is 12.8. The summed E-state index contributed by atoms with van der Waals surface area (Å²) in [4.78, 5) is 0. The Bertz CT molecular complexity index is 318. The molecule has 0 radical (unpaired) electrons. The van der Waals surface area contributed by atoms with Crippen LogP contribution < -0.4 is 5.32 Å². The fourth-order valence-electron chi connectivity index (χ4n) is 1.64. The molecule has 0 saturated carbocycles. The van der Waals surface area contributed by atoms with E-state index in [0.717, 1.165) is 18.8 Å². The lowest BCUT2D eigenvalue weighted by Crippen LogP contribution is -2.27. The molecule has 0 aliphatic rings. The summed E-state index contributed by atoms with van der Waals surface area (Å²) in [7, 11) is 1.65. The van der Waals surface area contributed by atoms with E-state index in [4.69, 9.17) is 23.4 Å². The van der Waals surface area contributed by atoms with Crippen molar-refractivity contribution in [1.82, 2.24) is 5.32 Å². The summed E-state index contributed by atoms with van der Waals surface area (Å²) in [6.45, 7) is 7.08. The van der Waals surface area contributed by atoms with Gasteiger partial charge in [0, 0.05) is 13.7 Å². The van der Waals surface area contributed by atoms with Gasteiger partial charge < -0.3 is 28.7 Å². The number of rotatable bonds is 14. The average Bonchev–Trinajstić information content (AvgIpc) is 2.99. The average molecular weight is 301 g/mol. The van der Waals surface area contributed by atoms with Crippen LogP contribution in [0.1, 0.15) is 12.7 Å². The molecule has 0 amide bonds. The highest BCUT2D eigenvalue weighted by Gasteiger charge is 2.02. The molecule has 6 nitrogen and oxygen atoms in total. The quantitative estimate of drug-likeness (QED) is 0.525. The van der Waals surface area contributed by atoms with Gasteiger partial charge in [0.1, 0.15) is 5.76 Å². The number of hydrogen-bond donors (Lipinski definition) is 1. The molecule has 0 bridgehead atoms. The van der Waals surface area contributed by atoms with Crippen LogP contribution in [-0.2, 0) is 25.5 Å². The zero-order valence-electron chi connectivity index (χ0n) is 13.0. The molecule has 1 aromatic rings. The molecular formula is C15H27NO5. The molecule has 0 aromatic carbocycles. The fourth-order valence-corrected chi connectivity index (χ4v) is 1.64. The van der Waals surface area contributed by atoms with Crippen molar-refractivity contribution in [3.05, 3.63) is 24.2 Å². The summed E-state index contributed by atoms with van der Waals surface area (Å²) < 4.78 is 26.4. The predicted molar refractivity (Wildman–Crippen MR) is 79.3 cm³/mol. The van der Waals surface area contributed by atoms with Crippen molar-refractivity contribution in [2.75, 3.05) is 53.3 Å². The van der Waals surface area contributed by atoms with Crippen LogP contribution in [0, 0.1) is 0 Å². The van der Waals surface area contributed by atoms with E-state index >= 15 is 0 Å². The van der Waals surface area contributed by atoms with Crippen LogP contribution >= 0.6 is 0 Å². The van der Waals surface area contributed by atoms with Crippen LogP contribution in [0.2, 0.25) is 0 Å². The van der Waals surface area contributed by atoms with Gasteiger partial charge in [-0.25, -0.2) is 0 Å². The number of ether oxygens (including phenoxy) is 4. The van der Waals surface area contributed by atoms with E-state index in [0.29, 0.717) is 39.6 Å². The first-order valence-corrected chi connectivity index (χ1v) is 7.32. The first-order chi connectivity index (χ1) is 10.3. The smallest absolute Gasteiger partial charge is 0.117 e. The standard InChI is InChI=1S/C15H27NO5/c1-14(12-16-13-15-4-3-5-21-15)20-11-10-19-9-8-18-7-6-17-2/h3-5,14,16H,6-13H2,1-2H3. The predicted octanol–water partition coefficient (Wildman–Crippen LogP) is 1.45. The van der Waals surface area contributed by atoms with Crippen LogP contribution in [0.25, 0.3) is 0 Å². The van der Waals surface area contributed by atoms with Crippen molar-refractivity contribution >= 4 is 0 Å². The van der Waals surface area contributed by atoms with Crippen molar-refractivity contribution in [2.45, 2.75) is 19.6 Å². The van der Waals surface area contributed by atoms with Gasteiger partial charge in [-0.3, -0.25) is 0 Å². The molecular weight excluding hydrogens is 274 g/mol. The number of hydrogen-bond acceptors (Lipinski definition) is 6. The zero-order chi connectivity index (χ0) is 15.2. The molecule has 1 rings (SSSR count). The Morgan fingerprint density at radius 2 is 1.81 bits per heavy atom. The van der Waals surface area contributed by atoms with Crippen LogP contribution in [0.15, 0.2) is 22.8 Å². The lowest BCUT2D eigenvalue weighted by atomic mass is 10.4. The second-order valence-electron chi connectivity index (χ2n) is 4.61. The molecule has 6 heteroatoms. The molecule has 0 aliphatic heterocycles. The van der Waals surface area contributed by atoms with E-state index in [-0.39, 0.29) is 6.10 Å². The monoisotopic (exact) mass is 301 g/mol. The SMILES string of the molecule is COCCOCCOCCOC(C)CNCc1ccco1. The van der Waals surface area contributed by atoms with Gasteiger partial charge in [-0.05, 0) is 19.1 Å². The first-order valence-electron chi connectivity index (χ1n) is 7.32. The molecule has 1 unspecified atom stereocenters. The Labute approximate surface area is 126 Å². The molecule has 122 valence electrons. The Morgan fingerprint density at radius 3 is 2.48 bits per heavy atom. The third-order valence-corrected chi connectivity index (χ3v) is 2.74. The normalized spacial score (nSPS) is 12.7. The molecule has 21 heavy (non-hydrogen) atoms. The lowest BCUT2D eigenvalue weighted by Gasteiger charge is -2.13. The third-order valence-electron chi connectivity index (χ3n) is 2.74. The minimum absolute atomic E-state index is 0.140. The highest BCUT2D eigenvalue weighted by Crippen LogP contribution is 1.99. The Morgan fingerprint density at radius 1 is 1.10 bits per heavy atom. The van der Waals surface area contributed by atoms with E-state index in [2.05, 4.69) is 5.32 Å². The molecule has 0 saturated heterocycles. The van der Waals surface area contributed by atoms with E-state index in [9.17, 15) is 0 Å². The Kier molecular flexibility index (Phi) is 11.0. The van der Waals surface area contributed by atoms with E-state index in [1.165, 1.54) is 0 Å². The highest BCUT2D eigenvalue weighted by molar-refractivity contribution is 4.97. The third kappa shape index (κ3) is 10.4. The molecule has 0 fully saturated rings. The van der Waals surface area contributed by atoms with Crippen molar-refractivity contribution < 1.29 is 23.4 Å². The lowest BCUT2D eigenvalue weighted by molar-refractivity contribution is -0.0117. The summed E-state index contributed by atoms with van der Waals surface area (Å²) in [6.07, 6.45) is 1.81. The molecule has 1 N–H and O–H groups in total. The van der Waals surface area contributed by atoms with Gasteiger partial charge in [-0.2, -0.15) is 0 Å². The highest BCUT2D eigenvalue weighted by atomic mass is 16.6. The van der Waals surface area contributed by atoms with Crippen LogP contribution in [0.4, 0.5) is 0 Å². The van der Waals surface area contributed by atoms with E-state index in [1.54, 1.807) is 13.4 Å². The zero-order valence-corrected chi connectivity index (χ0v) is 13.0. The molecule has 0 aliphatic carbocycles. The summed E-state index contributed by atoms with van der Waals surface area (Å²) in [5.41, 5.74) is 0. The van der Waals surface area contributed by atoms with Gasteiger partial charge in [0.05, 0.1) is 58.6 Å². The molecule has 1 heterocycles. The minimum atomic E-state index is 0.140. The van der Waals surface area contributed by atoms with Gasteiger partial charge >= 0.3 is 0 Å². The summed E-state index contributed by atoms with van der Waals surface area (Å²) in [5.74, 6) is 0.930. The summed E-state index contributed by atoms with van der Waals surface area (Å²) in [5, 5.41) is 3.28. The fraction of sp³-hybridized carbons (Fsp3) is 0.733. The summed E-state index contributed by atoms with van der Waals surface area (Å²) in [6, 6.07) is 3.83.